The van der Waals surface area contributed by atoms with Crippen LogP contribution in [-0.2, 0) is 16.6 Å². The zero-order valence-electron chi connectivity index (χ0n) is 16.4. The molecule has 1 aromatic carbocycles. The van der Waals surface area contributed by atoms with Crippen molar-refractivity contribution in [3.05, 3.63) is 29.3 Å². The Morgan fingerprint density at radius 1 is 1.26 bits per heavy atom. The van der Waals surface area contributed by atoms with Gasteiger partial charge in [0.05, 0.1) is 23.2 Å². The minimum absolute atomic E-state index is 0. The predicted octanol–water partition coefficient (Wildman–Crippen LogP) is 3.41. The van der Waals surface area contributed by atoms with Crippen molar-refractivity contribution in [1.82, 2.24) is 4.90 Å². The molecule has 2 aliphatic carbocycles. The summed E-state index contributed by atoms with van der Waals surface area (Å²) in [6.45, 7) is 6.88. The third kappa shape index (κ3) is 2.75. The van der Waals surface area contributed by atoms with Crippen LogP contribution in [0.5, 0.6) is 5.75 Å². The van der Waals surface area contributed by atoms with Gasteiger partial charge >= 0.3 is 0 Å². The highest BCUT2D eigenvalue weighted by atomic mass is 35.5. The fourth-order valence-electron chi connectivity index (χ4n) is 6.20. The smallest absolute Gasteiger partial charge is 0.115 e. The second-order valence-electron chi connectivity index (χ2n) is 9.83. The number of phenols is 1. The van der Waals surface area contributed by atoms with Crippen molar-refractivity contribution in [2.45, 2.75) is 75.0 Å². The number of rotatable bonds is 2. The fraction of sp³-hybridized carbons (Fsp3) is 0.727. The minimum Gasteiger partial charge on any atom is -0.508 e. The summed E-state index contributed by atoms with van der Waals surface area (Å²) in [5.74, 6) is 1.10. The SMILES string of the molecule is CC1(C)C[C@@]2(O)[C@H]3Cc4ccc(O)cc4[C@@]2(CCN3CC2CCC2)CO1.Cl. The average Bonchev–Trinajstić information content (AvgIpc) is 2.52. The molecule has 4 aliphatic rings. The van der Waals surface area contributed by atoms with E-state index >= 15 is 0 Å². The fourth-order valence-corrected chi connectivity index (χ4v) is 6.20. The Kier molecular flexibility index (Phi) is 4.59. The number of benzene rings is 1. The lowest BCUT2D eigenvalue weighted by atomic mass is 9.51. The van der Waals surface area contributed by atoms with Crippen molar-refractivity contribution in [2.75, 3.05) is 19.7 Å². The second kappa shape index (κ2) is 6.35. The normalized spacial score (nSPS) is 37.5. The maximum Gasteiger partial charge on any atom is 0.115 e. The lowest BCUT2D eigenvalue weighted by Crippen LogP contribution is -2.76. The van der Waals surface area contributed by atoms with Crippen molar-refractivity contribution in [3.63, 3.8) is 0 Å². The Morgan fingerprint density at radius 3 is 2.74 bits per heavy atom. The Bertz CT molecular complexity index is 734. The Labute approximate surface area is 168 Å². The van der Waals surface area contributed by atoms with Crippen LogP contribution in [0.15, 0.2) is 18.2 Å². The summed E-state index contributed by atoms with van der Waals surface area (Å²) in [5.41, 5.74) is 0.895. The molecule has 0 aromatic heterocycles. The van der Waals surface area contributed by atoms with E-state index in [1.54, 1.807) is 6.07 Å². The first-order valence-electron chi connectivity index (χ1n) is 10.3. The van der Waals surface area contributed by atoms with Crippen LogP contribution in [-0.4, -0.2) is 52.1 Å². The highest BCUT2D eigenvalue weighted by Gasteiger charge is 2.66. The molecule has 5 heteroatoms. The third-order valence-electron chi connectivity index (χ3n) is 7.79. The van der Waals surface area contributed by atoms with Crippen LogP contribution in [0.4, 0.5) is 0 Å². The number of hydrogen-bond acceptors (Lipinski definition) is 4. The molecule has 0 spiro atoms. The van der Waals surface area contributed by atoms with Crippen LogP contribution in [0, 0.1) is 5.92 Å². The predicted molar refractivity (Wildman–Crippen MR) is 108 cm³/mol. The number of piperidine rings is 1. The summed E-state index contributed by atoms with van der Waals surface area (Å²) in [6.07, 6.45) is 6.47. The van der Waals surface area contributed by atoms with E-state index in [4.69, 9.17) is 4.74 Å². The summed E-state index contributed by atoms with van der Waals surface area (Å²) in [7, 11) is 0. The number of hydrogen-bond donors (Lipinski definition) is 2. The topological polar surface area (TPSA) is 52.9 Å². The second-order valence-corrected chi connectivity index (χ2v) is 9.83. The molecule has 1 saturated carbocycles. The quantitative estimate of drug-likeness (QED) is 0.808. The van der Waals surface area contributed by atoms with Gasteiger partial charge in [0.1, 0.15) is 5.75 Å². The number of halogens is 1. The zero-order valence-corrected chi connectivity index (χ0v) is 17.2. The van der Waals surface area contributed by atoms with Crippen LogP contribution < -0.4 is 0 Å². The van der Waals surface area contributed by atoms with Gasteiger partial charge in [0, 0.05) is 19.0 Å². The Morgan fingerprint density at radius 2 is 2.04 bits per heavy atom. The molecule has 1 aromatic rings. The highest BCUT2D eigenvalue weighted by Crippen LogP contribution is 2.58. The van der Waals surface area contributed by atoms with E-state index in [1.165, 1.54) is 24.8 Å². The van der Waals surface area contributed by atoms with Gasteiger partial charge in [-0.05, 0) is 75.3 Å². The van der Waals surface area contributed by atoms with Gasteiger partial charge in [-0.15, -0.1) is 12.4 Å². The average molecular weight is 394 g/mol. The summed E-state index contributed by atoms with van der Waals surface area (Å²) in [6, 6.07) is 5.89. The van der Waals surface area contributed by atoms with Crippen LogP contribution >= 0.6 is 12.4 Å². The standard InChI is InChI=1S/C22H31NO3.ClH/c1-20(2)13-22(25)19-10-16-6-7-17(24)11-18(16)21(22,14-26-20)8-9-23(19)12-15-4-3-5-15;/h6-7,11,15,19,24-25H,3-5,8-10,12-14H2,1-2H3;1H/t19-,21-,22-;/m1./s1. The molecular formula is C22H32ClNO3. The van der Waals surface area contributed by atoms with E-state index in [0.29, 0.717) is 18.8 Å². The van der Waals surface area contributed by atoms with Gasteiger partial charge in [0.25, 0.3) is 0 Å². The lowest BCUT2D eigenvalue weighted by Gasteiger charge is -2.66. The molecule has 2 heterocycles. The van der Waals surface area contributed by atoms with Gasteiger partial charge < -0.3 is 14.9 Å². The lowest BCUT2D eigenvalue weighted by molar-refractivity contribution is -0.245. The molecule has 5 rings (SSSR count). The van der Waals surface area contributed by atoms with E-state index in [-0.39, 0.29) is 24.0 Å². The summed E-state index contributed by atoms with van der Waals surface area (Å²) in [5, 5.41) is 22.3. The minimum atomic E-state index is -0.794. The van der Waals surface area contributed by atoms with Gasteiger partial charge in [-0.3, -0.25) is 4.90 Å². The van der Waals surface area contributed by atoms with Gasteiger partial charge in [0.15, 0.2) is 0 Å². The van der Waals surface area contributed by atoms with Crippen LogP contribution in [0.3, 0.4) is 0 Å². The Hall–Kier alpha value is -0.810. The summed E-state index contributed by atoms with van der Waals surface area (Å²) in [4.78, 5) is 2.58. The number of likely N-dealkylation sites (tertiary alicyclic amines) is 1. The third-order valence-corrected chi connectivity index (χ3v) is 7.79. The van der Waals surface area contributed by atoms with Gasteiger partial charge in [-0.25, -0.2) is 0 Å². The number of aliphatic hydroxyl groups is 1. The molecule has 3 fully saturated rings. The molecule has 2 saturated heterocycles. The molecule has 2 aliphatic heterocycles. The van der Waals surface area contributed by atoms with Crippen LogP contribution in [0.25, 0.3) is 0 Å². The molecule has 27 heavy (non-hydrogen) atoms. The Balaban J connectivity index is 0.00000180. The molecule has 2 N–H and O–H groups in total. The first kappa shape index (κ1) is 19.5. The number of nitrogens with zero attached hydrogens (tertiary/aromatic N) is 1. The molecule has 2 bridgehead atoms. The maximum absolute atomic E-state index is 12.2. The van der Waals surface area contributed by atoms with E-state index in [0.717, 1.165) is 37.4 Å². The van der Waals surface area contributed by atoms with Crippen molar-refractivity contribution in [3.8, 4) is 5.75 Å². The van der Waals surface area contributed by atoms with Crippen LogP contribution in [0.1, 0.15) is 57.1 Å². The molecular weight excluding hydrogens is 362 g/mol. The van der Waals surface area contributed by atoms with E-state index in [1.807, 2.05) is 6.07 Å². The van der Waals surface area contributed by atoms with Crippen molar-refractivity contribution >= 4 is 12.4 Å². The highest BCUT2D eigenvalue weighted by molar-refractivity contribution is 5.85. The molecule has 4 nitrogen and oxygen atoms in total. The summed E-state index contributed by atoms with van der Waals surface area (Å²) >= 11 is 0. The van der Waals surface area contributed by atoms with Gasteiger partial charge in [0.2, 0.25) is 0 Å². The molecule has 0 amide bonds. The van der Waals surface area contributed by atoms with Gasteiger partial charge in [-0.2, -0.15) is 0 Å². The molecule has 150 valence electrons. The number of ether oxygens (including phenoxy) is 1. The monoisotopic (exact) mass is 393 g/mol. The first-order chi connectivity index (χ1) is 12.3. The number of fused-ring (bicyclic) bond motifs is 1. The molecule has 0 unspecified atom stereocenters. The van der Waals surface area contributed by atoms with E-state index in [9.17, 15) is 10.2 Å². The largest absolute Gasteiger partial charge is 0.508 e. The van der Waals surface area contributed by atoms with Gasteiger partial charge in [-0.1, -0.05) is 12.5 Å². The van der Waals surface area contributed by atoms with Crippen molar-refractivity contribution < 1.29 is 14.9 Å². The van der Waals surface area contributed by atoms with E-state index < -0.39 is 11.0 Å². The molecule has 0 radical (unpaired) electrons. The molecule has 3 atom stereocenters. The van der Waals surface area contributed by atoms with Crippen molar-refractivity contribution in [2.24, 2.45) is 5.92 Å². The maximum atomic E-state index is 12.2. The van der Waals surface area contributed by atoms with Crippen LogP contribution in [0.2, 0.25) is 0 Å². The summed E-state index contributed by atoms with van der Waals surface area (Å²) < 4.78 is 6.26. The zero-order chi connectivity index (χ0) is 18.2. The number of aromatic hydroxyl groups is 1. The van der Waals surface area contributed by atoms with Crippen molar-refractivity contribution in [1.29, 1.82) is 0 Å². The number of phenolic OH excluding ortho intramolecular Hbond substituents is 1. The first-order valence-corrected chi connectivity index (χ1v) is 10.3. The van der Waals surface area contributed by atoms with E-state index in [2.05, 4.69) is 24.8 Å².